The van der Waals surface area contributed by atoms with Crippen molar-refractivity contribution in [1.29, 1.82) is 0 Å². The zero-order valence-corrected chi connectivity index (χ0v) is 15.3. The molecule has 23 heavy (non-hydrogen) atoms. The molecule has 0 radical (unpaired) electrons. The summed E-state index contributed by atoms with van der Waals surface area (Å²) >= 11 is 0. The predicted molar refractivity (Wildman–Crippen MR) is 95.0 cm³/mol. The highest BCUT2D eigenvalue weighted by molar-refractivity contribution is 7.85. The van der Waals surface area contributed by atoms with Crippen LogP contribution in [-0.4, -0.2) is 20.1 Å². The van der Waals surface area contributed by atoms with Crippen molar-refractivity contribution in [3.8, 4) is 5.75 Å². The van der Waals surface area contributed by atoms with Gasteiger partial charge in [0.05, 0.1) is 12.0 Å². The third-order valence-electron chi connectivity index (χ3n) is 3.60. The van der Waals surface area contributed by atoms with Gasteiger partial charge in [-0.1, -0.05) is 58.7 Å². The Labute approximate surface area is 139 Å². The van der Waals surface area contributed by atoms with Gasteiger partial charge in [0.2, 0.25) is 0 Å². The highest BCUT2D eigenvalue weighted by Crippen LogP contribution is 2.31. The number of fused-ring (bicyclic) bond motifs is 1. The molecule has 0 atom stereocenters. The lowest BCUT2D eigenvalue weighted by molar-refractivity contribution is 0.417. The van der Waals surface area contributed by atoms with E-state index in [0.717, 1.165) is 16.3 Å². The lowest BCUT2D eigenvalue weighted by Crippen LogP contribution is -1.99. The Kier molecular flexibility index (Phi) is 7.03. The fourth-order valence-electron chi connectivity index (χ4n) is 2.00. The van der Waals surface area contributed by atoms with Crippen molar-refractivity contribution in [2.75, 3.05) is 7.11 Å². The van der Waals surface area contributed by atoms with Crippen LogP contribution in [-0.2, 0) is 10.1 Å². The second kappa shape index (κ2) is 8.31. The van der Waals surface area contributed by atoms with Gasteiger partial charge in [0.15, 0.2) is 0 Å². The van der Waals surface area contributed by atoms with Crippen LogP contribution < -0.4 is 4.74 Å². The first-order valence-electron chi connectivity index (χ1n) is 7.83. The molecule has 128 valence electrons. The van der Waals surface area contributed by atoms with Gasteiger partial charge in [-0.2, -0.15) is 8.42 Å². The molecule has 2 aromatic rings. The van der Waals surface area contributed by atoms with Crippen LogP contribution in [0.15, 0.2) is 35.2 Å². The van der Waals surface area contributed by atoms with Gasteiger partial charge in [0.25, 0.3) is 10.1 Å². The van der Waals surface area contributed by atoms with Gasteiger partial charge in [-0.3, -0.25) is 4.55 Å². The number of benzene rings is 2. The normalized spacial score (nSPS) is 11.3. The van der Waals surface area contributed by atoms with Crippen molar-refractivity contribution in [2.24, 2.45) is 0 Å². The quantitative estimate of drug-likeness (QED) is 0.795. The molecule has 0 saturated carbocycles. The molecule has 0 saturated heterocycles. The van der Waals surface area contributed by atoms with Crippen molar-refractivity contribution >= 4 is 20.9 Å². The van der Waals surface area contributed by atoms with Gasteiger partial charge >= 0.3 is 0 Å². The maximum Gasteiger partial charge on any atom is 0.294 e. The molecule has 1 N–H and O–H groups in total. The topological polar surface area (TPSA) is 63.6 Å². The van der Waals surface area contributed by atoms with Crippen LogP contribution in [0, 0.1) is 0 Å². The maximum absolute atomic E-state index is 11.3. The lowest BCUT2D eigenvalue weighted by Gasteiger charge is -2.11. The van der Waals surface area contributed by atoms with E-state index in [1.165, 1.54) is 32.1 Å². The monoisotopic (exact) mass is 338 g/mol. The molecule has 0 heterocycles. The molecule has 0 bridgehead atoms. The molecule has 0 fully saturated rings. The molecule has 5 heteroatoms. The Morgan fingerprint density at radius 3 is 2.13 bits per heavy atom. The van der Waals surface area contributed by atoms with Crippen molar-refractivity contribution in [3.63, 3.8) is 0 Å². The minimum absolute atomic E-state index is 0.155. The highest BCUT2D eigenvalue weighted by Gasteiger charge is 2.14. The van der Waals surface area contributed by atoms with Gasteiger partial charge in [-0.25, -0.2) is 0 Å². The zero-order chi connectivity index (χ0) is 17.6. The summed E-state index contributed by atoms with van der Waals surface area (Å²) in [7, 11) is -2.77. The highest BCUT2D eigenvalue weighted by atomic mass is 32.2. The van der Waals surface area contributed by atoms with Crippen LogP contribution in [0.1, 0.15) is 52.0 Å². The molecule has 0 aromatic heterocycles. The average Bonchev–Trinajstić information content (AvgIpc) is 2.52. The van der Waals surface area contributed by atoms with E-state index >= 15 is 0 Å². The lowest BCUT2D eigenvalue weighted by atomic mass is 9.99. The summed E-state index contributed by atoms with van der Waals surface area (Å²) in [5.74, 6) is 0.769. The van der Waals surface area contributed by atoms with E-state index in [2.05, 4.69) is 27.7 Å². The Morgan fingerprint density at radius 2 is 1.70 bits per heavy atom. The average molecular weight is 338 g/mol. The van der Waals surface area contributed by atoms with Crippen LogP contribution in [0.5, 0.6) is 5.75 Å². The first-order chi connectivity index (χ1) is 10.7. The Hall–Kier alpha value is -1.59. The van der Waals surface area contributed by atoms with Gasteiger partial charge in [-0.05, 0) is 22.9 Å². The summed E-state index contributed by atoms with van der Waals surface area (Å²) in [4.78, 5) is -0.155. The minimum atomic E-state index is -4.24. The number of ether oxygens (including phenoxy) is 1. The van der Waals surface area contributed by atoms with E-state index < -0.39 is 10.1 Å². The molecule has 0 aliphatic heterocycles. The molecule has 0 aliphatic carbocycles. The minimum Gasteiger partial charge on any atom is -0.496 e. The summed E-state index contributed by atoms with van der Waals surface area (Å²) in [5, 5.41) is 1.55. The number of unbranched alkanes of at least 4 members (excludes halogenated alkanes) is 1. The van der Waals surface area contributed by atoms with Gasteiger partial charge in [0, 0.05) is 11.5 Å². The molecule has 4 nitrogen and oxygen atoms in total. The van der Waals surface area contributed by atoms with E-state index in [1.54, 1.807) is 0 Å². The third kappa shape index (κ3) is 5.22. The van der Waals surface area contributed by atoms with Gasteiger partial charge in [0.1, 0.15) is 5.75 Å². The first-order valence-corrected chi connectivity index (χ1v) is 9.27. The largest absolute Gasteiger partial charge is 0.496 e. The van der Waals surface area contributed by atoms with E-state index in [4.69, 9.17) is 9.29 Å². The van der Waals surface area contributed by atoms with Crippen molar-refractivity contribution in [3.05, 3.63) is 35.9 Å². The number of hydrogen-bond acceptors (Lipinski definition) is 3. The van der Waals surface area contributed by atoms with E-state index in [0.29, 0.717) is 11.7 Å². The van der Waals surface area contributed by atoms with E-state index in [-0.39, 0.29) is 4.90 Å². The molecule has 0 aliphatic rings. The predicted octanol–water partition coefficient (Wildman–Crippen LogP) is 5.02. The third-order valence-corrected chi connectivity index (χ3v) is 4.43. The van der Waals surface area contributed by atoms with Crippen molar-refractivity contribution in [2.45, 2.75) is 51.3 Å². The van der Waals surface area contributed by atoms with Gasteiger partial charge < -0.3 is 4.74 Å². The van der Waals surface area contributed by atoms with E-state index in [9.17, 15) is 8.42 Å². The second-order valence-electron chi connectivity index (χ2n) is 5.74. The second-order valence-corrected chi connectivity index (χ2v) is 7.16. The fourth-order valence-corrected chi connectivity index (χ4v) is 2.54. The number of rotatable bonds is 4. The number of hydrogen-bond donors (Lipinski definition) is 1. The summed E-state index contributed by atoms with van der Waals surface area (Å²) in [6.07, 6.45) is 2.64. The smallest absolute Gasteiger partial charge is 0.294 e. The summed E-state index contributed by atoms with van der Waals surface area (Å²) < 4.78 is 36.9. The Balaban J connectivity index is 0.000000593. The van der Waals surface area contributed by atoms with Crippen LogP contribution in [0.25, 0.3) is 10.8 Å². The fraction of sp³-hybridized carbons (Fsp3) is 0.444. The maximum atomic E-state index is 11.3. The summed E-state index contributed by atoms with van der Waals surface area (Å²) in [5.41, 5.74) is 1.10. The van der Waals surface area contributed by atoms with Crippen LogP contribution in [0.2, 0.25) is 0 Å². The molecule has 0 amide bonds. The Bertz CT molecular complexity index is 747. The summed E-state index contributed by atoms with van der Waals surface area (Å²) in [6.45, 7) is 8.48. The molecule has 0 spiro atoms. The SMILES string of the molecule is CCCC.COc1cc(S(=O)(=O)O)cc2cc(C(C)C)ccc12. The van der Waals surface area contributed by atoms with Gasteiger partial charge in [-0.15, -0.1) is 0 Å². The zero-order valence-electron chi connectivity index (χ0n) is 14.5. The summed E-state index contributed by atoms with van der Waals surface area (Å²) in [6, 6.07) is 8.59. The van der Waals surface area contributed by atoms with Crippen molar-refractivity contribution < 1.29 is 17.7 Å². The number of methoxy groups -OCH3 is 1. The molecule has 2 aromatic carbocycles. The first kappa shape index (κ1) is 19.5. The van der Waals surface area contributed by atoms with Crippen LogP contribution >= 0.6 is 0 Å². The van der Waals surface area contributed by atoms with E-state index in [1.807, 2.05) is 18.2 Å². The molecular weight excluding hydrogens is 312 g/mol. The van der Waals surface area contributed by atoms with Crippen molar-refractivity contribution in [1.82, 2.24) is 0 Å². The molecule has 0 unspecified atom stereocenters. The standard InChI is InChI=1S/C14H16O4S.C4H10/c1-9(2)10-4-5-13-11(6-10)7-12(19(15,16)17)8-14(13)18-3;1-3-4-2/h4-9H,1-3H3,(H,15,16,17);3-4H2,1-2H3. The van der Waals surface area contributed by atoms with Crippen LogP contribution in [0.4, 0.5) is 0 Å². The molecular formula is C18H26O4S. The van der Waals surface area contributed by atoms with Crippen LogP contribution in [0.3, 0.4) is 0 Å². The Morgan fingerprint density at radius 1 is 1.09 bits per heavy atom. The molecule has 2 rings (SSSR count).